The molecule has 6 heteroatoms. The Morgan fingerprint density at radius 2 is 1.80 bits per heavy atom. The van der Waals surface area contributed by atoms with Crippen molar-refractivity contribution in [2.75, 3.05) is 20.8 Å². The van der Waals surface area contributed by atoms with Crippen molar-refractivity contribution in [2.24, 2.45) is 7.05 Å². The first-order valence-corrected chi connectivity index (χ1v) is 11.8. The first-order chi connectivity index (χ1) is 17.1. The Kier molecular flexibility index (Phi) is 6.27. The zero-order chi connectivity index (χ0) is 24.4. The lowest BCUT2D eigenvalue weighted by Gasteiger charge is -2.29. The van der Waals surface area contributed by atoms with Gasteiger partial charge in [-0.05, 0) is 54.3 Å². The number of hydrogen-bond donors (Lipinski definition) is 0. The van der Waals surface area contributed by atoms with E-state index < -0.39 is 0 Å². The average Bonchev–Trinajstić information content (AvgIpc) is 3.18. The molecule has 5 rings (SSSR count). The number of nitrogens with zero attached hydrogens (tertiary/aromatic N) is 3. The van der Waals surface area contributed by atoms with Gasteiger partial charge in [0, 0.05) is 42.9 Å². The average molecular weight is 468 g/mol. The van der Waals surface area contributed by atoms with Crippen LogP contribution < -0.4 is 9.47 Å². The van der Waals surface area contributed by atoms with Crippen LogP contribution >= 0.6 is 0 Å². The van der Waals surface area contributed by atoms with E-state index in [1.54, 1.807) is 14.2 Å². The second kappa shape index (κ2) is 9.66. The highest BCUT2D eigenvalue weighted by atomic mass is 16.5. The number of amides is 1. The highest BCUT2D eigenvalue weighted by Gasteiger charge is 2.25. The second-order valence-corrected chi connectivity index (χ2v) is 8.75. The van der Waals surface area contributed by atoms with E-state index in [2.05, 4.69) is 33.8 Å². The van der Waals surface area contributed by atoms with E-state index in [4.69, 9.17) is 9.47 Å². The molecule has 0 atom stereocenters. The number of rotatable bonds is 6. The molecule has 2 aromatic carbocycles. The SMILES string of the molecule is COc1ccc(CN2CCC/C(=C\c3c(-c4ccccc4)n(C)c4ncccc34)C2=O)cc1OC. The third-order valence-corrected chi connectivity index (χ3v) is 6.61. The van der Waals surface area contributed by atoms with Crippen LogP contribution in [0.25, 0.3) is 28.4 Å². The summed E-state index contributed by atoms with van der Waals surface area (Å²) in [6, 6.07) is 20.1. The molecule has 2 aromatic heterocycles. The first-order valence-electron chi connectivity index (χ1n) is 11.8. The smallest absolute Gasteiger partial charge is 0.250 e. The van der Waals surface area contributed by atoms with Crippen molar-refractivity contribution in [3.8, 4) is 22.8 Å². The van der Waals surface area contributed by atoms with Gasteiger partial charge in [-0.1, -0.05) is 36.4 Å². The molecule has 6 nitrogen and oxygen atoms in total. The number of likely N-dealkylation sites (tertiary alicyclic amines) is 1. The summed E-state index contributed by atoms with van der Waals surface area (Å²) in [5.74, 6) is 1.42. The molecular formula is C29H29N3O3. The van der Waals surface area contributed by atoms with Gasteiger partial charge in [-0.25, -0.2) is 4.98 Å². The summed E-state index contributed by atoms with van der Waals surface area (Å²) >= 11 is 0. The molecule has 0 N–H and O–H groups in total. The van der Waals surface area contributed by atoms with Gasteiger partial charge in [-0.2, -0.15) is 0 Å². The summed E-state index contributed by atoms with van der Waals surface area (Å²) in [5, 5.41) is 1.05. The second-order valence-electron chi connectivity index (χ2n) is 8.75. The summed E-state index contributed by atoms with van der Waals surface area (Å²) in [5.41, 5.74) is 5.95. The molecule has 0 unspecified atom stereocenters. The third kappa shape index (κ3) is 4.28. The molecule has 4 aromatic rings. The van der Waals surface area contributed by atoms with Crippen molar-refractivity contribution in [1.82, 2.24) is 14.5 Å². The highest BCUT2D eigenvalue weighted by molar-refractivity contribution is 6.04. The molecule has 0 saturated carbocycles. The molecular weight excluding hydrogens is 438 g/mol. The predicted molar refractivity (Wildman–Crippen MR) is 138 cm³/mol. The number of ether oxygens (including phenoxy) is 2. The molecule has 1 fully saturated rings. The fourth-order valence-corrected chi connectivity index (χ4v) is 4.91. The van der Waals surface area contributed by atoms with E-state index in [1.807, 2.05) is 60.6 Å². The van der Waals surface area contributed by atoms with Crippen molar-refractivity contribution in [3.63, 3.8) is 0 Å². The van der Waals surface area contributed by atoms with Gasteiger partial charge in [0.25, 0.3) is 0 Å². The summed E-state index contributed by atoms with van der Waals surface area (Å²) in [7, 11) is 5.28. The van der Waals surface area contributed by atoms with Crippen LogP contribution in [0.4, 0.5) is 0 Å². The monoisotopic (exact) mass is 467 g/mol. The van der Waals surface area contributed by atoms with E-state index in [1.165, 1.54) is 0 Å². The molecule has 178 valence electrons. The number of fused-ring (bicyclic) bond motifs is 1. The maximum absolute atomic E-state index is 13.6. The van der Waals surface area contributed by atoms with Crippen LogP contribution in [-0.2, 0) is 18.4 Å². The summed E-state index contributed by atoms with van der Waals surface area (Å²) in [6.07, 6.45) is 5.57. The topological polar surface area (TPSA) is 56.6 Å². The predicted octanol–water partition coefficient (Wildman–Crippen LogP) is 5.46. The normalized spacial score (nSPS) is 15.1. The molecule has 1 saturated heterocycles. The minimum absolute atomic E-state index is 0.0749. The number of methoxy groups -OCH3 is 2. The van der Waals surface area contributed by atoms with E-state index in [0.717, 1.165) is 58.4 Å². The Morgan fingerprint density at radius 1 is 1.00 bits per heavy atom. The standard InChI is InChI=1S/C29H29N3O3/c1-31-27(21-9-5-4-6-10-21)24(23-12-7-15-30-28(23)31)18-22-11-8-16-32(29(22)33)19-20-13-14-25(34-2)26(17-20)35-3/h4-7,9-10,12-15,17-18H,8,11,16,19H2,1-3H3/b22-18+. The number of hydrogen-bond acceptors (Lipinski definition) is 4. The lowest BCUT2D eigenvalue weighted by molar-refractivity contribution is -0.129. The van der Waals surface area contributed by atoms with E-state index in [-0.39, 0.29) is 5.91 Å². The summed E-state index contributed by atoms with van der Waals surface area (Å²) in [6.45, 7) is 1.26. The van der Waals surface area contributed by atoms with Crippen LogP contribution in [0.2, 0.25) is 0 Å². The summed E-state index contributed by atoms with van der Waals surface area (Å²) < 4.78 is 12.9. The molecule has 35 heavy (non-hydrogen) atoms. The molecule has 0 radical (unpaired) electrons. The van der Waals surface area contributed by atoms with Gasteiger partial charge in [-0.3, -0.25) is 4.79 Å². The zero-order valence-electron chi connectivity index (χ0n) is 20.3. The van der Waals surface area contributed by atoms with Crippen molar-refractivity contribution in [1.29, 1.82) is 0 Å². The number of carbonyl (C=O) groups excluding carboxylic acids is 1. The van der Waals surface area contributed by atoms with Gasteiger partial charge in [-0.15, -0.1) is 0 Å². The van der Waals surface area contributed by atoms with Crippen molar-refractivity contribution >= 4 is 23.0 Å². The lowest BCUT2D eigenvalue weighted by Crippen LogP contribution is -2.36. The number of aryl methyl sites for hydroxylation is 1. The van der Waals surface area contributed by atoms with Gasteiger partial charge in [0.1, 0.15) is 5.65 Å². The molecule has 3 heterocycles. The highest BCUT2D eigenvalue weighted by Crippen LogP contribution is 2.35. The number of aromatic nitrogens is 2. The molecule has 1 aliphatic heterocycles. The molecule has 1 aliphatic rings. The first kappa shape index (κ1) is 22.7. The van der Waals surface area contributed by atoms with Gasteiger partial charge in [0.15, 0.2) is 11.5 Å². The zero-order valence-corrected chi connectivity index (χ0v) is 20.3. The van der Waals surface area contributed by atoms with Gasteiger partial charge in [0.2, 0.25) is 5.91 Å². The van der Waals surface area contributed by atoms with Crippen LogP contribution in [0, 0.1) is 0 Å². The minimum Gasteiger partial charge on any atom is -0.493 e. The van der Waals surface area contributed by atoms with Crippen LogP contribution in [-0.4, -0.2) is 41.1 Å². The number of carbonyl (C=O) groups is 1. The van der Waals surface area contributed by atoms with Crippen LogP contribution in [0.15, 0.2) is 72.4 Å². The van der Waals surface area contributed by atoms with E-state index >= 15 is 0 Å². The van der Waals surface area contributed by atoms with E-state index in [9.17, 15) is 4.79 Å². The van der Waals surface area contributed by atoms with Crippen molar-refractivity contribution in [3.05, 3.63) is 83.6 Å². The molecule has 1 amide bonds. The fourth-order valence-electron chi connectivity index (χ4n) is 4.91. The Labute approximate surface area is 205 Å². The third-order valence-electron chi connectivity index (χ3n) is 6.61. The van der Waals surface area contributed by atoms with Gasteiger partial charge in [0.05, 0.1) is 19.9 Å². The summed E-state index contributed by atoms with van der Waals surface area (Å²) in [4.78, 5) is 20.1. The van der Waals surface area contributed by atoms with Crippen LogP contribution in [0.1, 0.15) is 24.0 Å². The Balaban J connectivity index is 1.52. The Hall–Kier alpha value is -4.06. The van der Waals surface area contributed by atoms with Gasteiger partial charge < -0.3 is 18.9 Å². The maximum Gasteiger partial charge on any atom is 0.250 e. The molecule has 0 spiro atoms. The quantitative estimate of drug-likeness (QED) is 0.353. The fraction of sp³-hybridized carbons (Fsp3) is 0.241. The van der Waals surface area contributed by atoms with E-state index in [0.29, 0.717) is 18.0 Å². The largest absolute Gasteiger partial charge is 0.493 e. The van der Waals surface area contributed by atoms with Crippen LogP contribution in [0.5, 0.6) is 11.5 Å². The maximum atomic E-state index is 13.6. The Morgan fingerprint density at radius 3 is 2.57 bits per heavy atom. The number of pyridine rings is 1. The molecule has 0 aliphatic carbocycles. The van der Waals surface area contributed by atoms with Crippen LogP contribution in [0.3, 0.4) is 0 Å². The van der Waals surface area contributed by atoms with Crippen molar-refractivity contribution in [2.45, 2.75) is 19.4 Å². The Bertz CT molecular complexity index is 1410. The van der Waals surface area contributed by atoms with Gasteiger partial charge >= 0.3 is 0 Å². The van der Waals surface area contributed by atoms with Crippen molar-refractivity contribution < 1.29 is 14.3 Å². The minimum atomic E-state index is 0.0749. The molecule has 0 bridgehead atoms. The number of piperidine rings is 1. The number of benzene rings is 2. The lowest BCUT2D eigenvalue weighted by atomic mass is 9.97.